The van der Waals surface area contributed by atoms with Gasteiger partial charge in [-0.05, 0) is 42.9 Å². The second-order valence-electron chi connectivity index (χ2n) is 8.56. The summed E-state index contributed by atoms with van der Waals surface area (Å²) in [5.74, 6) is 0.518. The van der Waals surface area contributed by atoms with E-state index in [0.29, 0.717) is 32.0 Å². The summed E-state index contributed by atoms with van der Waals surface area (Å²) in [6.07, 6.45) is 0.173. The zero-order valence-corrected chi connectivity index (χ0v) is 20.5. The Morgan fingerprint density at radius 3 is 2.32 bits per heavy atom. The average Bonchev–Trinajstić information content (AvgIpc) is 2.85. The topological polar surface area (TPSA) is 91.4 Å². The van der Waals surface area contributed by atoms with Crippen LogP contribution in [-0.2, 0) is 26.0 Å². The van der Waals surface area contributed by atoms with Gasteiger partial charge in [-0.1, -0.05) is 12.1 Å². The Labute approximate surface area is 201 Å². The minimum absolute atomic E-state index is 0.173. The van der Waals surface area contributed by atoms with Crippen LogP contribution in [0.1, 0.15) is 5.56 Å². The van der Waals surface area contributed by atoms with Crippen molar-refractivity contribution >= 4 is 27.3 Å². The van der Waals surface area contributed by atoms with Crippen molar-refractivity contribution in [3.05, 3.63) is 48.0 Å². The largest absolute Gasteiger partial charge is 0.497 e. The highest BCUT2D eigenvalue weighted by Gasteiger charge is 2.28. The summed E-state index contributed by atoms with van der Waals surface area (Å²) in [6, 6.07) is 12.4. The van der Waals surface area contributed by atoms with Crippen LogP contribution in [0.3, 0.4) is 0 Å². The van der Waals surface area contributed by atoms with Gasteiger partial charge in [0, 0.05) is 39.3 Å². The van der Waals surface area contributed by atoms with Crippen LogP contribution >= 0.6 is 0 Å². The molecule has 0 spiro atoms. The molecule has 34 heavy (non-hydrogen) atoms. The minimum atomic E-state index is -3.68. The lowest BCUT2D eigenvalue weighted by molar-refractivity contribution is -0.115. The first-order chi connectivity index (χ1) is 16.4. The third kappa shape index (κ3) is 5.69. The molecule has 2 aromatic rings. The Morgan fingerprint density at radius 1 is 1.00 bits per heavy atom. The minimum Gasteiger partial charge on any atom is -0.497 e. The van der Waals surface area contributed by atoms with Crippen molar-refractivity contribution in [3.8, 4) is 5.75 Å². The summed E-state index contributed by atoms with van der Waals surface area (Å²) in [7, 11) is -0.00872. The molecule has 1 N–H and O–H groups in total. The Morgan fingerprint density at radius 2 is 1.68 bits per heavy atom. The van der Waals surface area contributed by atoms with Gasteiger partial charge in [0.15, 0.2) is 0 Å². The van der Waals surface area contributed by atoms with E-state index in [1.807, 2.05) is 30.3 Å². The molecule has 0 aromatic heterocycles. The number of ether oxygens (including phenoxy) is 2. The molecule has 0 unspecified atom stereocenters. The molecule has 0 bridgehead atoms. The molecule has 2 aliphatic heterocycles. The van der Waals surface area contributed by atoms with E-state index in [1.165, 1.54) is 4.31 Å². The molecule has 184 valence electrons. The van der Waals surface area contributed by atoms with Crippen LogP contribution < -0.4 is 15.0 Å². The van der Waals surface area contributed by atoms with Gasteiger partial charge in [0.1, 0.15) is 5.75 Å². The fourth-order valence-electron chi connectivity index (χ4n) is 4.16. The Balaban J connectivity index is 1.59. The summed E-state index contributed by atoms with van der Waals surface area (Å²) < 4.78 is 38.4. The van der Waals surface area contributed by atoms with Crippen LogP contribution in [0, 0.1) is 0 Å². The first-order valence-corrected chi connectivity index (χ1v) is 12.9. The molecule has 2 heterocycles. The van der Waals surface area contributed by atoms with Crippen molar-refractivity contribution in [2.75, 3.05) is 76.9 Å². The molecule has 0 aliphatic carbocycles. The number of piperazine rings is 1. The quantitative estimate of drug-likeness (QED) is 0.634. The summed E-state index contributed by atoms with van der Waals surface area (Å²) >= 11 is 0. The number of hydrogen-bond donors (Lipinski definition) is 1. The molecule has 2 aromatic carbocycles. The number of morpholine rings is 1. The van der Waals surface area contributed by atoms with Crippen molar-refractivity contribution in [2.24, 2.45) is 0 Å². The van der Waals surface area contributed by atoms with E-state index in [2.05, 4.69) is 22.2 Å². The van der Waals surface area contributed by atoms with Gasteiger partial charge >= 0.3 is 0 Å². The van der Waals surface area contributed by atoms with E-state index in [9.17, 15) is 13.2 Å². The number of nitrogens with one attached hydrogen (secondary N) is 1. The number of rotatable bonds is 7. The molecule has 0 radical (unpaired) electrons. The summed E-state index contributed by atoms with van der Waals surface area (Å²) in [5.41, 5.74) is 2.19. The second kappa shape index (κ2) is 10.7. The molecule has 2 saturated heterocycles. The number of hydrogen-bond acceptors (Lipinski definition) is 7. The lowest BCUT2D eigenvalue weighted by Gasteiger charge is -2.35. The maximum Gasteiger partial charge on any atom is 0.243 e. The number of sulfonamides is 1. The first kappa shape index (κ1) is 24.5. The molecule has 0 atom stereocenters. The molecule has 2 aliphatic rings. The van der Waals surface area contributed by atoms with Crippen LogP contribution in [0.25, 0.3) is 0 Å². The van der Waals surface area contributed by atoms with Gasteiger partial charge in [0.05, 0.1) is 43.0 Å². The number of carbonyl (C=O) groups excluding carboxylic acids is 1. The normalized spacial score (nSPS) is 18.0. The zero-order chi connectivity index (χ0) is 24.1. The standard InChI is InChI=1S/C24H32N4O5S/c1-26-9-11-27(12-10-26)23-8-7-21(34(30,31)28-13-15-33-16-14-28)18-22(23)25-24(29)17-19-3-5-20(32-2)6-4-19/h3-8,18H,9-17H2,1-2H3,(H,25,29). The Bertz CT molecular complexity index is 1090. The van der Waals surface area contributed by atoms with E-state index >= 15 is 0 Å². The van der Waals surface area contributed by atoms with Gasteiger partial charge in [-0.2, -0.15) is 4.31 Å². The smallest absolute Gasteiger partial charge is 0.243 e. The van der Waals surface area contributed by atoms with Gasteiger partial charge in [0.25, 0.3) is 0 Å². The number of methoxy groups -OCH3 is 1. The second-order valence-corrected chi connectivity index (χ2v) is 10.5. The van der Waals surface area contributed by atoms with Crippen LogP contribution in [0.4, 0.5) is 11.4 Å². The Kier molecular flexibility index (Phi) is 7.72. The van der Waals surface area contributed by atoms with Crippen LogP contribution in [-0.4, -0.2) is 90.2 Å². The number of benzene rings is 2. The van der Waals surface area contributed by atoms with Crippen molar-refractivity contribution in [1.29, 1.82) is 0 Å². The molecule has 10 heteroatoms. The number of nitrogens with zero attached hydrogens (tertiary/aromatic N) is 3. The summed E-state index contributed by atoms with van der Waals surface area (Å²) in [4.78, 5) is 17.5. The maximum absolute atomic E-state index is 13.2. The maximum atomic E-state index is 13.2. The summed E-state index contributed by atoms with van der Waals surface area (Å²) in [5, 5.41) is 2.98. The zero-order valence-electron chi connectivity index (χ0n) is 19.7. The van der Waals surface area contributed by atoms with E-state index in [1.54, 1.807) is 19.2 Å². The molecule has 1 amide bonds. The van der Waals surface area contributed by atoms with Crippen molar-refractivity contribution < 1.29 is 22.7 Å². The van der Waals surface area contributed by atoms with Gasteiger partial charge in [-0.25, -0.2) is 8.42 Å². The molecular formula is C24H32N4O5S. The van der Waals surface area contributed by atoms with E-state index < -0.39 is 10.0 Å². The molecule has 0 saturated carbocycles. The van der Waals surface area contributed by atoms with Crippen LogP contribution in [0.5, 0.6) is 5.75 Å². The molecule has 9 nitrogen and oxygen atoms in total. The van der Waals surface area contributed by atoms with Crippen molar-refractivity contribution in [1.82, 2.24) is 9.21 Å². The number of likely N-dealkylation sites (N-methyl/N-ethyl adjacent to an activating group) is 1. The van der Waals surface area contributed by atoms with Crippen molar-refractivity contribution in [2.45, 2.75) is 11.3 Å². The third-order valence-electron chi connectivity index (χ3n) is 6.22. The highest BCUT2D eigenvalue weighted by molar-refractivity contribution is 7.89. The Hall–Kier alpha value is -2.66. The van der Waals surface area contributed by atoms with Gasteiger partial charge in [0.2, 0.25) is 15.9 Å². The monoisotopic (exact) mass is 488 g/mol. The number of anilines is 2. The highest BCUT2D eigenvalue weighted by atomic mass is 32.2. The summed E-state index contributed by atoms with van der Waals surface area (Å²) in [6.45, 7) is 4.79. The SMILES string of the molecule is COc1ccc(CC(=O)Nc2cc(S(=O)(=O)N3CCOCC3)ccc2N2CCN(C)CC2)cc1. The van der Waals surface area contributed by atoms with Crippen LogP contribution in [0.15, 0.2) is 47.4 Å². The van der Waals surface area contributed by atoms with Crippen LogP contribution in [0.2, 0.25) is 0 Å². The molecular weight excluding hydrogens is 456 g/mol. The van der Waals surface area contributed by atoms with E-state index in [4.69, 9.17) is 9.47 Å². The van der Waals surface area contributed by atoms with E-state index in [0.717, 1.165) is 43.2 Å². The lowest BCUT2D eigenvalue weighted by Crippen LogP contribution is -2.44. The molecule has 4 rings (SSSR count). The number of carbonyl (C=O) groups is 1. The first-order valence-electron chi connectivity index (χ1n) is 11.4. The predicted molar refractivity (Wildman–Crippen MR) is 131 cm³/mol. The van der Waals surface area contributed by atoms with Gasteiger partial charge in [-0.3, -0.25) is 4.79 Å². The lowest BCUT2D eigenvalue weighted by atomic mass is 10.1. The van der Waals surface area contributed by atoms with Gasteiger partial charge in [-0.15, -0.1) is 0 Å². The number of amides is 1. The van der Waals surface area contributed by atoms with E-state index in [-0.39, 0.29) is 17.2 Å². The molecule has 2 fully saturated rings. The fraction of sp³-hybridized carbons (Fsp3) is 0.458. The van der Waals surface area contributed by atoms with Crippen molar-refractivity contribution in [3.63, 3.8) is 0 Å². The predicted octanol–water partition coefficient (Wildman–Crippen LogP) is 1.65. The highest BCUT2D eigenvalue weighted by Crippen LogP contribution is 2.31. The van der Waals surface area contributed by atoms with Gasteiger partial charge < -0.3 is 24.6 Å². The fourth-order valence-corrected chi connectivity index (χ4v) is 5.59. The third-order valence-corrected chi connectivity index (χ3v) is 8.11. The average molecular weight is 489 g/mol.